The molecule has 22 heavy (non-hydrogen) atoms. The summed E-state index contributed by atoms with van der Waals surface area (Å²) in [7, 11) is 0. The highest BCUT2D eigenvalue weighted by Gasteiger charge is 2.14. The standard InChI is InChI=1S/C16H14BrFN2O2/c1-11(22-15-8-3-2-7-14(15)17)16(21)20-19-10-12-5-4-6-13(18)9-12/h2-11H,1H3,(H,20,21)/b19-10-/t11-/m1/s1. The summed E-state index contributed by atoms with van der Waals surface area (Å²) < 4.78 is 19.3. The quantitative estimate of drug-likeness (QED) is 0.651. The van der Waals surface area contributed by atoms with Crippen LogP contribution >= 0.6 is 15.9 Å². The molecule has 0 aliphatic heterocycles. The molecule has 6 heteroatoms. The lowest BCUT2D eigenvalue weighted by Crippen LogP contribution is -2.33. The average Bonchev–Trinajstić information content (AvgIpc) is 2.49. The molecular weight excluding hydrogens is 351 g/mol. The summed E-state index contributed by atoms with van der Waals surface area (Å²) in [5.41, 5.74) is 2.91. The molecule has 0 saturated carbocycles. The molecule has 0 heterocycles. The third-order valence-electron chi connectivity index (χ3n) is 2.75. The number of amides is 1. The van der Waals surface area contributed by atoms with Crippen molar-refractivity contribution in [3.05, 3.63) is 64.4 Å². The van der Waals surface area contributed by atoms with Crippen LogP contribution in [0.4, 0.5) is 4.39 Å². The maximum absolute atomic E-state index is 13.0. The molecule has 0 radical (unpaired) electrons. The van der Waals surface area contributed by atoms with Crippen molar-refractivity contribution < 1.29 is 13.9 Å². The van der Waals surface area contributed by atoms with Gasteiger partial charge in [-0.1, -0.05) is 24.3 Å². The van der Waals surface area contributed by atoms with Crippen molar-refractivity contribution in [2.45, 2.75) is 13.0 Å². The highest BCUT2D eigenvalue weighted by molar-refractivity contribution is 9.10. The summed E-state index contributed by atoms with van der Waals surface area (Å²) >= 11 is 3.34. The van der Waals surface area contributed by atoms with Crippen LogP contribution in [0.1, 0.15) is 12.5 Å². The maximum Gasteiger partial charge on any atom is 0.280 e. The second-order valence-electron chi connectivity index (χ2n) is 4.48. The van der Waals surface area contributed by atoms with Crippen LogP contribution in [0.15, 0.2) is 58.1 Å². The van der Waals surface area contributed by atoms with Crippen LogP contribution in [-0.2, 0) is 4.79 Å². The summed E-state index contributed by atoms with van der Waals surface area (Å²) in [5.74, 6) is -0.191. The monoisotopic (exact) mass is 364 g/mol. The second kappa shape index (κ2) is 7.70. The first-order valence-electron chi connectivity index (χ1n) is 6.56. The predicted octanol–water partition coefficient (Wildman–Crippen LogP) is 3.51. The summed E-state index contributed by atoms with van der Waals surface area (Å²) in [6.07, 6.45) is 0.648. The highest BCUT2D eigenvalue weighted by atomic mass is 79.9. The molecule has 0 bridgehead atoms. The molecule has 2 aromatic carbocycles. The van der Waals surface area contributed by atoms with E-state index in [0.29, 0.717) is 11.3 Å². The van der Waals surface area contributed by atoms with Crippen LogP contribution in [0.5, 0.6) is 5.75 Å². The van der Waals surface area contributed by atoms with E-state index in [-0.39, 0.29) is 5.82 Å². The van der Waals surface area contributed by atoms with Crippen LogP contribution in [0.3, 0.4) is 0 Å². The number of hydrazone groups is 1. The fraction of sp³-hybridized carbons (Fsp3) is 0.125. The molecule has 4 nitrogen and oxygen atoms in total. The minimum atomic E-state index is -0.719. The van der Waals surface area contributed by atoms with Gasteiger partial charge in [0.25, 0.3) is 5.91 Å². The van der Waals surface area contributed by atoms with Gasteiger partial charge in [0.1, 0.15) is 11.6 Å². The van der Waals surface area contributed by atoms with Crippen molar-refractivity contribution in [2.75, 3.05) is 0 Å². The molecule has 0 aliphatic carbocycles. The fourth-order valence-corrected chi connectivity index (χ4v) is 2.01. The number of para-hydroxylation sites is 1. The summed E-state index contributed by atoms with van der Waals surface area (Å²) in [6.45, 7) is 1.62. The Morgan fingerprint density at radius 2 is 2.09 bits per heavy atom. The molecule has 1 N–H and O–H groups in total. The van der Waals surface area contributed by atoms with Crippen molar-refractivity contribution in [1.82, 2.24) is 5.43 Å². The van der Waals surface area contributed by atoms with E-state index in [9.17, 15) is 9.18 Å². The molecule has 114 valence electrons. The Hall–Kier alpha value is -2.21. The second-order valence-corrected chi connectivity index (χ2v) is 5.33. The molecule has 0 aromatic heterocycles. The average molecular weight is 365 g/mol. The highest BCUT2D eigenvalue weighted by Crippen LogP contribution is 2.24. The van der Waals surface area contributed by atoms with Gasteiger partial charge in [-0.15, -0.1) is 0 Å². The number of hydrogen-bond acceptors (Lipinski definition) is 3. The third kappa shape index (κ3) is 4.66. The van der Waals surface area contributed by atoms with Crippen molar-refractivity contribution in [1.29, 1.82) is 0 Å². The minimum Gasteiger partial charge on any atom is -0.480 e. The van der Waals surface area contributed by atoms with Crippen molar-refractivity contribution >= 4 is 28.1 Å². The number of ether oxygens (including phenoxy) is 1. The lowest BCUT2D eigenvalue weighted by Gasteiger charge is -2.13. The van der Waals surface area contributed by atoms with Gasteiger partial charge in [0.15, 0.2) is 6.10 Å². The zero-order chi connectivity index (χ0) is 15.9. The van der Waals surface area contributed by atoms with Crippen molar-refractivity contribution in [3.8, 4) is 5.75 Å². The maximum atomic E-state index is 13.0. The van der Waals surface area contributed by atoms with Gasteiger partial charge in [0, 0.05) is 0 Å². The van der Waals surface area contributed by atoms with Crippen LogP contribution in [-0.4, -0.2) is 18.2 Å². The topological polar surface area (TPSA) is 50.7 Å². The number of halogens is 2. The summed E-state index contributed by atoms with van der Waals surface area (Å²) in [6, 6.07) is 13.1. The first-order valence-corrected chi connectivity index (χ1v) is 7.35. The van der Waals surface area contributed by atoms with E-state index in [0.717, 1.165) is 4.47 Å². The molecule has 0 saturated heterocycles. The minimum absolute atomic E-state index is 0.360. The van der Waals surface area contributed by atoms with Crippen LogP contribution in [0, 0.1) is 5.82 Å². The number of carbonyl (C=O) groups is 1. The van der Waals surface area contributed by atoms with Crippen molar-refractivity contribution in [2.24, 2.45) is 5.10 Å². The smallest absolute Gasteiger partial charge is 0.280 e. The van der Waals surface area contributed by atoms with E-state index >= 15 is 0 Å². The molecule has 1 atom stereocenters. The van der Waals surface area contributed by atoms with Gasteiger partial charge < -0.3 is 4.74 Å². The van der Waals surface area contributed by atoms with Crippen LogP contribution in [0.25, 0.3) is 0 Å². The lowest BCUT2D eigenvalue weighted by molar-refractivity contribution is -0.127. The molecule has 2 aromatic rings. The zero-order valence-corrected chi connectivity index (χ0v) is 13.4. The van der Waals surface area contributed by atoms with Crippen LogP contribution < -0.4 is 10.2 Å². The Balaban J connectivity index is 1.90. The van der Waals surface area contributed by atoms with Gasteiger partial charge in [-0.25, -0.2) is 9.82 Å². The van der Waals surface area contributed by atoms with Gasteiger partial charge in [-0.3, -0.25) is 4.79 Å². The van der Waals surface area contributed by atoms with Gasteiger partial charge in [0.05, 0.1) is 10.7 Å². The molecule has 0 fully saturated rings. The van der Waals surface area contributed by atoms with E-state index in [1.54, 1.807) is 25.1 Å². The van der Waals surface area contributed by atoms with Gasteiger partial charge in [-0.05, 0) is 52.7 Å². The zero-order valence-electron chi connectivity index (χ0n) is 11.8. The molecule has 0 unspecified atom stereocenters. The molecule has 0 spiro atoms. The van der Waals surface area contributed by atoms with Gasteiger partial charge in [0.2, 0.25) is 0 Å². The van der Waals surface area contributed by atoms with Crippen molar-refractivity contribution in [3.63, 3.8) is 0 Å². The number of nitrogens with one attached hydrogen (secondary N) is 1. The first kappa shape index (κ1) is 16.2. The normalized spacial score (nSPS) is 12.1. The van der Waals surface area contributed by atoms with Gasteiger partial charge >= 0.3 is 0 Å². The molecule has 1 amide bonds. The fourth-order valence-electron chi connectivity index (χ4n) is 1.63. The third-order valence-corrected chi connectivity index (χ3v) is 3.40. The number of hydrogen-bond donors (Lipinski definition) is 1. The summed E-state index contributed by atoms with van der Waals surface area (Å²) in [5, 5.41) is 3.78. The number of benzene rings is 2. The van der Waals surface area contributed by atoms with E-state index in [1.165, 1.54) is 18.3 Å². The molecular formula is C16H14BrFN2O2. The Bertz CT molecular complexity index is 691. The Kier molecular flexibility index (Phi) is 5.66. The predicted molar refractivity (Wildman–Crippen MR) is 86.4 cm³/mol. The van der Waals surface area contributed by atoms with E-state index in [2.05, 4.69) is 26.5 Å². The number of nitrogens with zero attached hydrogens (tertiary/aromatic N) is 1. The Morgan fingerprint density at radius 1 is 1.32 bits per heavy atom. The van der Waals surface area contributed by atoms with Crippen LogP contribution in [0.2, 0.25) is 0 Å². The van der Waals surface area contributed by atoms with E-state index < -0.39 is 12.0 Å². The lowest BCUT2D eigenvalue weighted by atomic mass is 10.2. The largest absolute Gasteiger partial charge is 0.480 e. The van der Waals surface area contributed by atoms with E-state index in [1.807, 2.05) is 18.2 Å². The number of carbonyl (C=O) groups excluding carboxylic acids is 1. The summed E-state index contributed by atoms with van der Waals surface area (Å²) in [4.78, 5) is 11.9. The van der Waals surface area contributed by atoms with Gasteiger partial charge in [-0.2, -0.15) is 5.10 Å². The Labute approximate surface area is 136 Å². The molecule has 0 aliphatic rings. The van der Waals surface area contributed by atoms with E-state index in [4.69, 9.17) is 4.74 Å². The Morgan fingerprint density at radius 3 is 2.82 bits per heavy atom. The molecule has 2 rings (SSSR count). The first-order chi connectivity index (χ1) is 10.6. The number of rotatable bonds is 5. The SMILES string of the molecule is C[C@@H](Oc1ccccc1Br)C(=O)N/N=C\c1cccc(F)c1.